The summed E-state index contributed by atoms with van der Waals surface area (Å²) in [5, 5.41) is 12.3. The van der Waals surface area contributed by atoms with E-state index >= 15 is 0 Å². The van der Waals surface area contributed by atoms with E-state index < -0.39 is 21.3 Å². The van der Waals surface area contributed by atoms with Crippen LogP contribution in [0.3, 0.4) is 0 Å². The lowest BCUT2D eigenvalue weighted by Gasteiger charge is -2.46. The largest absolute Gasteiger partial charge is 0.481 e. The van der Waals surface area contributed by atoms with E-state index in [9.17, 15) is 9.90 Å². The fraction of sp³-hybridized carbons (Fsp3) is 0.324. The zero-order chi connectivity index (χ0) is 31.3. The van der Waals surface area contributed by atoms with E-state index in [0.717, 1.165) is 32.6 Å². The Morgan fingerprint density at radius 3 is 2.09 bits per heavy atom. The molecular weight excluding hydrogens is 588 g/mol. The molecule has 0 bridgehead atoms. The number of rotatable bonds is 10. The molecule has 1 aliphatic rings. The second kappa shape index (κ2) is 14.2. The summed E-state index contributed by atoms with van der Waals surface area (Å²) >= 11 is 6.64. The summed E-state index contributed by atoms with van der Waals surface area (Å²) in [5.74, 6) is -0.963. The summed E-state index contributed by atoms with van der Waals surface area (Å²) in [7, 11) is -1.67. The van der Waals surface area contributed by atoms with Gasteiger partial charge in [-0.3, -0.25) is 4.79 Å². The maximum atomic E-state index is 11.4. The summed E-state index contributed by atoms with van der Waals surface area (Å²) < 4.78 is 20.7. The molecule has 0 spiro atoms. The lowest BCUT2D eigenvalue weighted by Crippen LogP contribution is -2.56. The van der Waals surface area contributed by atoms with Gasteiger partial charge in [-0.25, -0.2) is 0 Å². The topological polar surface area (TPSA) is 65.0 Å². The number of halogens is 1. The minimum atomic E-state index is -1.67. The minimum Gasteiger partial charge on any atom is -0.481 e. The smallest absolute Gasteiger partial charge is 0.303 e. The highest BCUT2D eigenvalue weighted by atomic mass is 35.5. The van der Waals surface area contributed by atoms with E-state index in [1.54, 1.807) is 0 Å². The number of benzene rings is 4. The summed E-state index contributed by atoms with van der Waals surface area (Å²) in [4.78, 5) is 11.4. The van der Waals surface area contributed by atoms with Crippen LogP contribution in [0.25, 0.3) is 0 Å². The van der Waals surface area contributed by atoms with E-state index in [2.05, 4.69) is 82.3 Å². The molecule has 0 aromatic heterocycles. The molecule has 229 valence electrons. The van der Waals surface area contributed by atoms with Gasteiger partial charge >= 0.3 is 5.97 Å². The molecule has 1 radical (unpaired) electrons. The molecule has 5 rings (SSSR count). The molecule has 4 atom stereocenters. The van der Waals surface area contributed by atoms with Gasteiger partial charge in [-0.2, -0.15) is 0 Å². The average molecular weight is 628 g/mol. The van der Waals surface area contributed by atoms with Gasteiger partial charge in [-0.15, -0.1) is 0 Å². The van der Waals surface area contributed by atoms with Gasteiger partial charge in [0.2, 0.25) is 0 Å². The fourth-order valence-electron chi connectivity index (χ4n) is 5.90. The van der Waals surface area contributed by atoms with Gasteiger partial charge in [0.25, 0.3) is 9.04 Å². The molecule has 1 fully saturated rings. The van der Waals surface area contributed by atoms with Crippen LogP contribution in [0, 0.1) is 12.3 Å². The predicted octanol–water partition coefficient (Wildman–Crippen LogP) is 7.10. The lowest BCUT2D eigenvalue weighted by atomic mass is 9.77. The highest BCUT2D eigenvalue weighted by Crippen LogP contribution is 2.43. The van der Waals surface area contributed by atoms with Gasteiger partial charge in [0.15, 0.2) is 6.29 Å². The van der Waals surface area contributed by atoms with E-state index in [0.29, 0.717) is 18.1 Å². The van der Waals surface area contributed by atoms with E-state index in [4.69, 9.17) is 25.5 Å². The number of ether oxygens (including phenoxy) is 2. The maximum Gasteiger partial charge on any atom is 0.303 e. The fourth-order valence-corrected chi connectivity index (χ4v) is 8.47. The van der Waals surface area contributed by atoms with Crippen LogP contribution in [0.2, 0.25) is 5.02 Å². The summed E-state index contributed by atoms with van der Waals surface area (Å²) in [6, 6.07) is 34.6. The molecule has 1 saturated heterocycles. The first kappa shape index (κ1) is 32.1. The summed E-state index contributed by atoms with van der Waals surface area (Å²) in [6.07, 6.45) is -0.820. The molecule has 7 heteroatoms. The molecule has 4 unspecified atom stereocenters. The first-order valence-electron chi connectivity index (χ1n) is 15.1. The van der Waals surface area contributed by atoms with Gasteiger partial charge in [0.1, 0.15) is 0 Å². The highest BCUT2D eigenvalue weighted by Gasteiger charge is 2.46. The molecule has 0 aliphatic carbocycles. The third-order valence-corrected chi connectivity index (χ3v) is 10.8. The van der Waals surface area contributed by atoms with Crippen molar-refractivity contribution in [2.45, 2.75) is 65.0 Å². The van der Waals surface area contributed by atoms with Crippen LogP contribution in [0.5, 0.6) is 0 Å². The SMILES string of the molecule is Cc1c(CCC(=O)O)cccc1C1COC(c2ccccc2Cl)OC1C(O[Si](c1ccccc1)c1ccccc1)C(C)(C)C. The Morgan fingerprint density at radius 2 is 1.50 bits per heavy atom. The van der Waals surface area contributed by atoms with E-state index in [1.807, 2.05) is 48.5 Å². The molecule has 1 aliphatic heterocycles. The molecule has 0 amide bonds. The Kier molecular flexibility index (Phi) is 10.4. The number of aryl methyl sites for hydroxylation is 1. The van der Waals surface area contributed by atoms with Crippen LogP contribution in [0.1, 0.15) is 61.7 Å². The zero-order valence-electron chi connectivity index (χ0n) is 25.7. The number of carboxylic acids is 1. The second-order valence-electron chi connectivity index (χ2n) is 12.4. The molecule has 44 heavy (non-hydrogen) atoms. The Balaban J connectivity index is 1.59. The van der Waals surface area contributed by atoms with Gasteiger partial charge in [-0.05, 0) is 51.9 Å². The molecular formula is C37H40ClO5Si. The van der Waals surface area contributed by atoms with E-state index in [1.165, 1.54) is 0 Å². The number of aliphatic carboxylic acids is 1. The van der Waals surface area contributed by atoms with Gasteiger partial charge in [0, 0.05) is 22.9 Å². The van der Waals surface area contributed by atoms with Crippen molar-refractivity contribution in [3.63, 3.8) is 0 Å². The van der Waals surface area contributed by atoms with Gasteiger partial charge in [0.05, 0.1) is 18.8 Å². The van der Waals surface area contributed by atoms with Crippen molar-refractivity contribution >= 4 is 37.0 Å². The van der Waals surface area contributed by atoms with Crippen molar-refractivity contribution in [3.05, 3.63) is 130 Å². The summed E-state index contributed by atoms with van der Waals surface area (Å²) in [5.41, 5.74) is 3.65. The third kappa shape index (κ3) is 7.50. The zero-order valence-corrected chi connectivity index (χ0v) is 27.5. The van der Waals surface area contributed by atoms with Crippen molar-refractivity contribution in [2.24, 2.45) is 5.41 Å². The molecule has 1 N–H and O–H groups in total. The van der Waals surface area contributed by atoms with Crippen LogP contribution in [-0.4, -0.2) is 38.9 Å². The molecule has 5 nitrogen and oxygen atoms in total. The van der Waals surface area contributed by atoms with Crippen molar-refractivity contribution in [1.29, 1.82) is 0 Å². The Morgan fingerprint density at radius 1 is 0.909 bits per heavy atom. The van der Waals surface area contributed by atoms with Gasteiger partial charge < -0.3 is 19.0 Å². The Labute approximate surface area is 267 Å². The number of carbonyl (C=O) groups is 1. The van der Waals surface area contributed by atoms with Crippen molar-refractivity contribution in [1.82, 2.24) is 0 Å². The number of hydrogen-bond donors (Lipinski definition) is 1. The molecule has 4 aromatic carbocycles. The van der Waals surface area contributed by atoms with Crippen molar-refractivity contribution in [2.75, 3.05) is 6.61 Å². The Hall–Kier alpha value is -3.26. The van der Waals surface area contributed by atoms with Crippen LogP contribution >= 0.6 is 11.6 Å². The number of carboxylic acid groups (broad SMARTS) is 1. The predicted molar refractivity (Wildman–Crippen MR) is 177 cm³/mol. The van der Waals surface area contributed by atoms with Crippen LogP contribution < -0.4 is 10.4 Å². The monoisotopic (exact) mass is 627 g/mol. The quantitative estimate of drug-likeness (QED) is 0.190. The first-order chi connectivity index (χ1) is 21.1. The normalized spacial score (nSPS) is 19.5. The third-order valence-electron chi connectivity index (χ3n) is 8.23. The standard InChI is InChI=1S/C37H40ClO5Si/c1-25-26(22-23-33(39)40)14-13-20-29(25)31-24-41-36(30-19-11-12-21-32(30)38)42-34(31)35(37(2,3)4)43-44(27-15-7-5-8-16-27)28-17-9-6-10-18-28/h5-21,31,34-36H,22-24H2,1-4H3,(H,39,40). The van der Waals surface area contributed by atoms with E-state index in [-0.39, 0.29) is 30.0 Å². The highest BCUT2D eigenvalue weighted by molar-refractivity contribution is 6.80. The lowest BCUT2D eigenvalue weighted by molar-refractivity contribution is -0.253. The summed E-state index contributed by atoms with van der Waals surface area (Å²) in [6.45, 7) is 9.06. The molecule has 4 aromatic rings. The first-order valence-corrected chi connectivity index (χ1v) is 16.9. The minimum absolute atomic E-state index is 0.0770. The maximum absolute atomic E-state index is 11.4. The second-order valence-corrected chi connectivity index (χ2v) is 14.8. The molecule has 1 heterocycles. The number of hydrogen-bond acceptors (Lipinski definition) is 4. The van der Waals surface area contributed by atoms with Crippen LogP contribution in [0.15, 0.2) is 103 Å². The van der Waals surface area contributed by atoms with Crippen molar-refractivity contribution < 1.29 is 23.8 Å². The van der Waals surface area contributed by atoms with Crippen molar-refractivity contribution in [3.8, 4) is 0 Å². The van der Waals surface area contributed by atoms with Gasteiger partial charge in [-0.1, -0.05) is 129 Å². The Bertz CT molecular complexity index is 1500. The van der Waals surface area contributed by atoms with Crippen LogP contribution in [0.4, 0.5) is 0 Å². The average Bonchev–Trinajstić information content (AvgIpc) is 3.01. The molecule has 0 saturated carbocycles. The van der Waals surface area contributed by atoms with Crippen LogP contribution in [-0.2, 0) is 25.1 Å².